The monoisotopic (exact) mass is 604 g/mol. The molecule has 1 aliphatic heterocycles. The Balaban J connectivity index is 1.14. The Bertz CT molecular complexity index is 2510. The van der Waals surface area contributed by atoms with Gasteiger partial charge in [-0.15, -0.1) is 0 Å². The number of para-hydroxylation sites is 2. The first-order valence-electron chi connectivity index (χ1n) is 16.0. The van der Waals surface area contributed by atoms with Crippen LogP contribution in [0.4, 0.5) is 17.1 Å². The highest BCUT2D eigenvalue weighted by molar-refractivity contribution is 6.22. The van der Waals surface area contributed by atoms with Crippen LogP contribution in [0.5, 0.6) is 0 Å². The van der Waals surface area contributed by atoms with Crippen LogP contribution in [-0.4, -0.2) is 0 Å². The Kier molecular flexibility index (Phi) is 5.60. The average molecular weight is 605 g/mol. The minimum absolute atomic E-state index is 0.0519. The maximum Gasteiger partial charge on any atom is 0.147 e. The number of hydrogen-bond donors (Lipinski definition) is 1. The van der Waals surface area contributed by atoms with Gasteiger partial charge in [-0.2, -0.15) is 0 Å². The lowest BCUT2D eigenvalue weighted by Gasteiger charge is -2.27. The van der Waals surface area contributed by atoms with E-state index in [0.29, 0.717) is 0 Å². The van der Waals surface area contributed by atoms with E-state index in [9.17, 15) is 0 Å². The van der Waals surface area contributed by atoms with Gasteiger partial charge < -0.3 is 19.1 Å². The summed E-state index contributed by atoms with van der Waals surface area (Å²) in [6.07, 6.45) is -0.0519. The zero-order valence-corrected chi connectivity index (χ0v) is 25.4. The SMILES string of the molecule is c1ccc(-c2ccc3c(c2)NC(c2ccccc2)N3c2ccc(-c3c4oc5ccccc5c4cc4c3oc3ccccc34)cc2)cc1. The van der Waals surface area contributed by atoms with E-state index in [1.54, 1.807) is 0 Å². The molecule has 3 heterocycles. The normalized spacial score (nSPS) is 14.3. The van der Waals surface area contributed by atoms with Crippen LogP contribution in [-0.2, 0) is 0 Å². The first kappa shape index (κ1) is 26.0. The average Bonchev–Trinajstić information content (AvgIpc) is 3.82. The Morgan fingerprint density at radius 2 is 1.04 bits per heavy atom. The van der Waals surface area contributed by atoms with Gasteiger partial charge in [-0.05, 0) is 64.7 Å². The smallest absolute Gasteiger partial charge is 0.147 e. The largest absolute Gasteiger partial charge is 0.455 e. The summed E-state index contributed by atoms with van der Waals surface area (Å²) in [6.45, 7) is 0. The lowest BCUT2D eigenvalue weighted by Crippen LogP contribution is -2.23. The van der Waals surface area contributed by atoms with Gasteiger partial charge in [0, 0.05) is 27.2 Å². The van der Waals surface area contributed by atoms with Crippen LogP contribution >= 0.6 is 0 Å². The standard InChI is InChI=1S/C43H28N2O2/c1-3-11-27(12-4-1)30-21-24-37-36(25-30)44-43(29-13-5-2-6-14-29)45(37)31-22-19-28(20-23-31)40-41-34(32-15-7-9-17-38(32)46-41)26-35-33-16-8-10-18-39(33)47-42(35)40/h1-26,43-44H. The molecule has 10 rings (SSSR count). The molecule has 222 valence electrons. The summed E-state index contributed by atoms with van der Waals surface area (Å²) in [4.78, 5) is 2.39. The van der Waals surface area contributed by atoms with Crippen LogP contribution in [0.15, 0.2) is 167 Å². The van der Waals surface area contributed by atoms with E-state index in [1.165, 1.54) is 16.7 Å². The van der Waals surface area contributed by atoms with E-state index in [4.69, 9.17) is 8.83 Å². The summed E-state index contributed by atoms with van der Waals surface area (Å²) >= 11 is 0. The maximum atomic E-state index is 6.56. The van der Waals surface area contributed by atoms with Gasteiger partial charge in [0.15, 0.2) is 0 Å². The number of rotatable bonds is 4. The summed E-state index contributed by atoms with van der Waals surface area (Å²) in [5.41, 5.74) is 12.4. The molecule has 0 amide bonds. The summed E-state index contributed by atoms with van der Waals surface area (Å²) in [5, 5.41) is 8.22. The Morgan fingerprint density at radius 1 is 0.468 bits per heavy atom. The van der Waals surface area contributed by atoms with E-state index >= 15 is 0 Å². The van der Waals surface area contributed by atoms with Crippen LogP contribution in [0.2, 0.25) is 0 Å². The number of nitrogens with zero attached hydrogens (tertiary/aromatic N) is 1. The summed E-state index contributed by atoms with van der Waals surface area (Å²) in [6, 6.07) is 55.4. The second kappa shape index (κ2) is 10.1. The second-order valence-electron chi connectivity index (χ2n) is 12.2. The van der Waals surface area contributed by atoms with E-state index in [2.05, 4.69) is 144 Å². The quantitative estimate of drug-likeness (QED) is 0.217. The first-order valence-corrected chi connectivity index (χ1v) is 16.0. The van der Waals surface area contributed by atoms with Crippen molar-refractivity contribution in [3.8, 4) is 22.3 Å². The molecule has 0 saturated heterocycles. The van der Waals surface area contributed by atoms with Crippen molar-refractivity contribution in [3.63, 3.8) is 0 Å². The fourth-order valence-corrected chi connectivity index (χ4v) is 7.27. The third kappa shape index (κ3) is 4.01. The molecule has 2 aromatic heterocycles. The van der Waals surface area contributed by atoms with E-state index in [0.717, 1.165) is 72.1 Å². The molecule has 0 saturated carbocycles. The Hall–Kier alpha value is -6.26. The lowest BCUT2D eigenvalue weighted by atomic mass is 9.98. The number of anilines is 3. The molecular formula is C43H28N2O2. The van der Waals surface area contributed by atoms with E-state index in [1.807, 2.05) is 24.3 Å². The number of fused-ring (bicyclic) bond motifs is 7. The molecule has 0 spiro atoms. The molecule has 47 heavy (non-hydrogen) atoms. The molecule has 1 unspecified atom stereocenters. The molecule has 1 aliphatic rings. The number of furan rings is 2. The van der Waals surface area contributed by atoms with Crippen molar-refractivity contribution in [1.82, 2.24) is 0 Å². The van der Waals surface area contributed by atoms with Gasteiger partial charge in [0.2, 0.25) is 0 Å². The molecule has 0 fully saturated rings. The van der Waals surface area contributed by atoms with Crippen molar-refractivity contribution in [2.75, 3.05) is 10.2 Å². The van der Waals surface area contributed by atoms with Crippen molar-refractivity contribution in [2.45, 2.75) is 6.17 Å². The van der Waals surface area contributed by atoms with Crippen molar-refractivity contribution in [1.29, 1.82) is 0 Å². The topological polar surface area (TPSA) is 41.5 Å². The first-order chi connectivity index (χ1) is 23.3. The Morgan fingerprint density at radius 3 is 1.70 bits per heavy atom. The molecule has 4 nitrogen and oxygen atoms in total. The van der Waals surface area contributed by atoms with Gasteiger partial charge >= 0.3 is 0 Å². The highest BCUT2D eigenvalue weighted by Crippen LogP contribution is 2.49. The van der Waals surface area contributed by atoms with Gasteiger partial charge in [0.05, 0.1) is 16.9 Å². The molecule has 9 aromatic rings. The zero-order valence-electron chi connectivity index (χ0n) is 25.4. The van der Waals surface area contributed by atoms with Crippen molar-refractivity contribution >= 4 is 60.9 Å². The molecule has 7 aromatic carbocycles. The molecular weight excluding hydrogens is 576 g/mol. The fraction of sp³-hybridized carbons (Fsp3) is 0.0233. The molecule has 0 aliphatic carbocycles. The van der Waals surface area contributed by atoms with Crippen molar-refractivity contribution < 1.29 is 8.83 Å². The number of hydrogen-bond acceptors (Lipinski definition) is 4. The van der Waals surface area contributed by atoms with Crippen LogP contribution in [0.3, 0.4) is 0 Å². The lowest BCUT2D eigenvalue weighted by molar-refractivity contribution is 0.658. The third-order valence-corrected chi connectivity index (χ3v) is 9.47. The molecule has 0 bridgehead atoms. The molecule has 0 radical (unpaired) electrons. The van der Waals surface area contributed by atoms with E-state index in [-0.39, 0.29) is 6.17 Å². The van der Waals surface area contributed by atoms with Gasteiger partial charge in [-0.25, -0.2) is 0 Å². The highest BCUT2D eigenvalue weighted by atomic mass is 16.3. The number of nitrogens with one attached hydrogen (secondary N) is 1. The molecule has 4 heteroatoms. The summed E-state index contributed by atoms with van der Waals surface area (Å²) in [5.74, 6) is 0. The maximum absolute atomic E-state index is 6.56. The van der Waals surface area contributed by atoms with Crippen molar-refractivity contribution in [3.05, 3.63) is 163 Å². The molecule has 1 atom stereocenters. The predicted octanol–water partition coefficient (Wildman–Crippen LogP) is 12.1. The van der Waals surface area contributed by atoms with Crippen molar-refractivity contribution in [2.24, 2.45) is 0 Å². The van der Waals surface area contributed by atoms with E-state index < -0.39 is 0 Å². The van der Waals surface area contributed by atoms with Crippen LogP contribution in [0.25, 0.3) is 66.1 Å². The number of benzene rings is 7. The van der Waals surface area contributed by atoms with Gasteiger partial charge in [0.1, 0.15) is 28.5 Å². The minimum atomic E-state index is -0.0519. The van der Waals surface area contributed by atoms with Crippen LogP contribution in [0, 0.1) is 0 Å². The Labute approximate surface area is 271 Å². The van der Waals surface area contributed by atoms with Gasteiger partial charge in [-0.1, -0.05) is 115 Å². The zero-order chi connectivity index (χ0) is 30.9. The van der Waals surface area contributed by atoms with Crippen LogP contribution < -0.4 is 10.2 Å². The fourth-order valence-electron chi connectivity index (χ4n) is 7.27. The highest BCUT2D eigenvalue weighted by Gasteiger charge is 2.32. The minimum Gasteiger partial charge on any atom is -0.455 e. The van der Waals surface area contributed by atoms with Crippen LogP contribution in [0.1, 0.15) is 11.7 Å². The predicted molar refractivity (Wildman–Crippen MR) is 193 cm³/mol. The van der Waals surface area contributed by atoms with Gasteiger partial charge in [0.25, 0.3) is 0 Å². The molecule has 1 N–H and O–H groups in total. The summed E-state index contributed by atoms with van der Waals surface area (Å²) < 4.78 is 13.1. The third-order valence-electron chi connectivity index (χ3n) is 9.47. The second-order valence-corrected chi connectivity index (χ2v) is 12.2. The summed E-state index contributed by atoms with van der Waals surface area (Å²) in [7, 11) is 0. The van der Waals surface area contributed by atoms with Gasteiger partial charge in [-0.3, -0.25) is 0 Å².